The maximum absolute atomic E-state index is 13.5. The Bertz CT molecular complexity index is 691. The van der Waals surface area contributed by atoms with Gasteiger partial charge in [-0.3, -0.25) is 4.79 Å². The fraction of sp³-hybridized carbons (Fsp3) is 0.333. The van der Waals surface area contributed by atoms with Crippen LogP contribution in [0, 0.1) is 5.82 Å². The van der Waals surface area contributed by atoms with Crippen LogP contribution in [0.2, 0.25) is 0 Å². The highest BCUT2D eigenvalue weighted by Gasteiger charge is 2.18. The quantitative estimate of drug-likeness (QED) is 0.847. The van der Waals surface area contributed by atoms with Gasteiger partial charge in [0, 0.05) is 12.7 Å². The number of benzene rings is 1. The zero-order valence-electron chi connectivity index (χ0n) is 14.1. The lowest BCUT2D eigenvalue weighted by Crippen LogP contribution is -2.34. The largest absolute Gasteiger partial charge is 0.477 e. The molecule has 1 N–H and O–H groups in total. The number of halogens is 1. The first-order chi connectivity index (χ1) is 11.5. The van der Waals surface area contributed by atoms with Gasteiger partial charge >= 0.3 is 0 Å². The number of hydrogen-bond acceptors (Lipinski definition) is 4. The molecule has 0 saturated heterocycles. The summed E-state index contributed by atoms with van der Waals surface area (Å²) in [6.45, 7) is 2.61. The van der Waals surface area contributed by atoms with Gasteiger partial charge in [0.05, 0.1) is 12.6 Å². The van der Waals surface area contributed by atoms with E-state index >= 15 is 0 Å². The molecule has 0 spiro atoms. The molecule has 6 heteroatoms. The van der Waals surface area contributed by atoms with E-state index in [4.69, 9.17) is 4.74 Å². The maximum atomic E-state index is 13.5. The molecule has 1 aromatic heterocycles. The number of hydrogen-bond donors (Lipinski definition) is 1. The Balaban J connectivity index is 2.11. The van der Waals surface area contributed by atoms with Crippen LogP contribution in [0.3, 0.4) is 0 Å². The Morgan fingerprint density at radius 3 is 2.79 bits per heavy atom. The van der Waals surface area contributed by atoms with E-state index in [1.165, 1.54) is 12.1 Å². The maximum Gasteiger partial charge on any atom is 0.256 e. The molecule has 2 aromatic rings. The summed E-state index contributed by atoms with van der Waals surface area (Å²) in [5.41, 5.74) is 1.19. The molecular formula is C18H22FN3O2. The normalized spacial score (nSPS) is 12.0. The van der Waals surface area contributed by atoms with Gasteiger partial charge in [-0.25, -0.2) is 9.37 Å². The highest BCUT2D eigenvalue weighted by atomic mass is 19.1. The van der Waals surface area contributed by atoms with Crippen LogP contribution < -0.4 is 10.1 Å². The van der Waals surface area contributed by atoms with Crippen molar-refractivity contribution < 1.29 is 13.9 Å². The topological polar surface area (TPSA) is 54.5 Å². The van der Waals surface area contributed by atoms with E-state index in [1.807, 2.05) is 32.0 Å². The predicted molar refractivity (Wildman–Crippen MR) is 90.6 cm³/mol. The summed E-state index contributed by atoms with van der Waals surface area (Å²) in [4.78, 5) is 18.5. The number of rotatable bonds is 7. The molecule has 128 valence electrons. The van der Waals surface area contributed by atoms with E-state index in [1.54, 1.807) is 24.4 Å². The number of pyridine rings is 1. The molecule has 0 aliphatic carbocycles. The van der Waals surface area contributed by atoms with E-state index in [2.05, 4.69) is 10.3 Å². The van der Waals surface area contributed by atoms with Crippen molar-refractivity contribution in [2.24, 2.45) is 0 Å². The molecular weight excluding hydrogens is 309 g/mol. The molecule has 0 radical (unpaired) electrons. The van der Waals surface area contributed by atoms with Crippen LogP contribution in [0.25, 0.3) is 0 Å². The van der Waals surface area contributed by atoms with E-state index < -0.39 is 0 Å². The molecule has 5 nitrogen and oxygen atoms in total. The summed E-state index contributed by atoms with van der Waals surface area (Å²) in [5.74, 6) is -0.254. The Labute approximate surface area is 141 Å². The highest BCUT2D eigenvalue weighted by molar-refractivity contribution is 5.96. The summed E-state index contributed by atoms with van der Waals surface area (Å²) < 4.78 is 18.8. The molecule has 1 atom stereocenters. The van der Waals surface area contributed by atoms with Gasteiger partial charge in [0.2, 0.25) is 5.88 Å². The SMILES string of the molecule is CCOc1ncccc1C(=O)NC[C@H](c1cccc(F)c1)N(C)C. The van der Waals surface area contributed by atoms with Gasteiger partial charge in [-0.2, -0.15) is 0 Å². The van der Waals surface area contributed by atoms with Crippen molar-refractivity contribution in [3.63, 3.8) is 0 Å². The molecule has 1 aromatic carbocycles. The number of nitrogens with one attached hydrogen (secondary N) is 1. The average molecular weight is 331 g/mol. The van der Waals surface area contributed by atoms with Gasteiger partial charge in [-0.05, 0) is 50.8 Å². The molecule has 0 aliphatic heterocycles. The monoisotopic (exact) mass is 331 g/mol. The second-order valence-corrected chi connectivity index (χ2v) is 5.53. The van der Waals surface area contributed by atoms with Crippen molar-refractivity contribution in [1.29, 1.82) is 0 Å². The van der Waals surface area contributed by atoms with Gasteiger partial charge < -0.3 is 15.0 Å². The number of amides is 1. The number of ether oxygens (including phenoxy) is 1. The molecule has 0 aliphatic rings. The van der Waals surface area contributed by atoms with Gasteiger partial charge in [0.15, 0.2) is 0 Å². The minimum atomic E-state index is -0.295. The predicted octanol–water partition coefficient (Wildman–Crippen LogP) is 2.65. The minimum absolute atomic E-state index is 0.142. The number of aromatic nitrogens is 1. The van der Waals surface area contributed by atoms with Crippen molar-refractivity contribution in [2.75, 3.05) is 27.2 Å². The average Bonchev–Trinajstić information content (AvgIpc) is 2.55. The Morgan fingerprint density at radius 2 is 2.12 bits per heavy atom. The van der Waals surface area contributed by atoms with Gasteiger partial charge in [-0.1, -0.05) is 12.1 Å². The lowest BCUT2D eigenvalue weighted by molar-refractivity contribution is 0.0937. The summed E-state index contributed by atoms with van der Waals surface area (Å²) in [7, 11) is 3.77. The van der Waals surface area contributed by atoms with Gasteiger partial charge in [-0.15, -0.1) is 0 Å². The molecule has 1 amide bonds. The van der Waals surface area contributed by atoms with Crippen LogP contribution in [0.5, 0.6) is 5.88 Å². The van der Waals surface area contributed by atoms with Crippen LogP contribution in [0.4, 0.5) is 4.39 Å². The first-order valence-corrected chi connectivity index (χ1v) is 7.80. The highest BCUT2D eigenvalue weighted by Crippen LogP contribution is 2.19. The van der Waals surface area contributed by atoms with Crippen molar-refractivity contribution in [3.8, 4) is 5.88 Å². The molecule has 1 heterocycles. The smallest absolute Gasteiger partial charge is 0.256 e. The third-order valence-electron chi connectivity index (χ3n) is 3.61. The van der Waals surface area contributed by atoms with E-state index in [0.29, 0.717) is 24.6 Å². The van der Waals surface area contributed by atoms with Crippen LogP contribution in [-0.4, -0.2) is 43.0 Å². The second-order valence-electron chi connectivity index (χ2n) is 5.53. The number of carbonyl (C=O) groups is 1. The molecule has 0 saturated carbocycles. The molecule has 24 heavy (non-hydrogen) atoms. The Morgan fingerprint density at radius 1 is 1.33 bits per heavy atom. The number of nitrogens with zero attached hydrogens (tertiary/aromatic N) is 2. The van der Waals surface area contributed by atoms with Gasteiger partial charge in [0.1, 0.15) is 11.4 Å². The third-order valence-corrected chi connectivity index (χ3v) is 3.61. The van der Waals surface area contributed by atoms with Crippen LogP contribution >= 0.6 is 0 Å². The zero-order valence-corrected chi connectivity index (χ0v) is 14.1. The van der Waals surface area contributed by atoms with Crippen molar-refractivity contribution in [3.05, 3.63) is 59.5 Å². The number of likely N-dealkylation sites (N-methyl/N-ethyl adjacent to an activating group) is 1. The fourth-order valence-electron chi connectivity index (χ4n) is 2.41. The van der Waals surface area contributed by atoms with Crippen LogP contribution in [-0.2, 0) is 0 Å². The lowest BCUT2D eigenvalue weighted by Gasteiger charge is -2.25. The number of carbonyl (C=O) groups excluding carboxylic acids is 1. The second kappa shape index (κ2) is 8.40. The minimum Gasteiger partial charge on any atom is -0.477 e. The van der Waals surface area contributed by atoms with E-state index in [-0.39, 0.29) is 17.8 Å². The molecule has 0 unspecified atom stereocenters. The van der Waals surface area contributed by atoms with Crippen LogP contribution in [0.1, 0.15) is 28.9 Å². The van der Waals surface area contributed by atoms with Crippen LogP contribution in [0.15, 0.2) is 42.6 Å². The lowest BCUT2D eigenvalue weighted by atomic mass is 10.1. The Kier molecular flexibility index (Phi) is 6.26. The first kappa shape index (κ1) is 17.9. The molecule has 0 bridgehead atoms. The standard InChI is InChI=1S/C18H22FN3O2/c1-4-24-18-15(9-6-10-20-18)17(23)21-12-16(22(2)3)13-7-5-8-14(19)11-13/h5-11,16H,4,12H2,1-3H3,(H,21,23)/t16-/m1/s1. The summed E-state index contributed by atoms with van der Waals surface area (Å²) >= 11 is 0. The van der Waals surface area contributed by atoms with Crippen molar-refractivity contribution >= 4 is 5.91 Å². The Hall–Kier alpha value is -2.47. The van der Waals surface area contributed by atoms with Crippen molar-refractivity contribution in [2.45, 2.75) is 13.0 Å². The first-order valence-electron chi connectivity index (χ1n) is 7.80. The molecule has 0 fully saturated rings. The van der Waals surface area contributed by atoms with E-state index in [0.717, 1.165) is 5.56 Å². The summed E-state index contributed by atoms with van der Waals surface area (Å²) in [6.07, 6.45) is 1.58. The third kappa shape index (κ3) is 4.52. The van der Waals surface area contributed by atoms with Crippen molar-refractivity contribution in [1.82, 2.24) is 15.2 Å². The zero-order chi connectivity index (χ0) is 17.5. The molecule has 2 rings (SSSR count). The fourth-order valence-corrected chi connectivity index (χ4v) is 2.41. The van der Waals surface area contributed by atoms with E-state index in [9.17, 15) is 9.18 Å². The van der Waals surface area contributed by atoms with Gasteiger partial charge in [0.25, 0.3) is 5.91 Å². The summed E-state index contributed by atoms with van der Waals surface area (Å²) in [6, 6.07) is 9.60. The summed E-state index contributed by atoms with van der Waals surface area (Å²) in [5, 5.41) is 2.87.